The Hall–Kier alpha value is -5.67. The van der Waals surface area contributed by atoms with Crippen LogP contribution in [-0.2, 0) is 13.1 Å². The summed E-state index contributed by atoms with van der Waals surface area (Å²) in [6.07, 6.45) is 9.13. The molecule has 0 atom stereocenters. The number of likely N-dealkylation sites (tertiary alicyclic amines) is 1. The molecule has 45 heavy (non-hydrogen) atoms. The number of hydrogen-bond acceptors (Lipinski definition) is 10. The van der Waals surface area contributed by atoms with E-state index in [1.807, 2.05) is 53.5 Å². The van der Waals surface area contributed by atoms with Crippen LogP contribution in [0.2, 0.25) is 0 Å². The number of pyridine rings is 2. The molecule has 0 radical (unpaired) electrons. The van der Waals surface area contributed by atoms with Crippen molar-refractivity contribution in [1.82, 2.24) is 44.2 Å². The molecule has 6 heterocycles. The first-order valence-corrected chi connectivity index (χ1v) is 15.0. The Labute approximate surface area is 260 Å². The second-order valence-corrected chi connectivity index (χ2v) is 11.1. The fourth-order valence-electron chi connectivity index (χ4n) is 5.76. The maximum atomic E-state index is 9.07. The van der Waals surface area contributed by atoms with Crippen LogP contribution in [0.15, 0.2) is 79.4 Å². The van der Waals surface area contributed by atoms with Crippen LogP contribution in [0.5, 0.6) is 0 Å². The minimum atomic E-state index is 0.181. The first-order valence-electron chi connectivity index (χ1n) is 15.0. The Morgan fingerprint density at radius 3 is 2.58 bits per heavy atom. The van der Waals surface area contributed by atoms with Gasteiger partial charge in [0.25, 0.3) is 0 Å². The summed E-state index contributed by atoms with van der Waals surface area (Å²) >= 11 is 0. The van der Waals surface area contributed by atoms with Gasteiger partial charge in [-0.2, -0.15) is 10.4 Å². The molecule has 224 valence electrons. The zero-order chi connectivity index (χ0) is 30.8. The van der Waals surface area contributed by atoms with Crippen LogP contribution in [0.3, 0.4) is 0 Å². The van der Waals surface area contributed by atoms with Gasteiger partial charge < -0.3 is 11.1 Å². The number of piperidine rings is 1. The molecule has 1 aromatic carbocycles. The average molecular weight is 597 g/mol. The van der Waals surface area contributed by atoms with E-state index in [2.05, 4.69) is 66.0 Å². The lowest BCUT2D eigenvalue weighted by Crippen LogP contribution is -2.38. The van der Waals surface area contributed by atoms with Gasteiger partial charge in [-0.05, 0) is 67.8 Å². The monoisotopic (exact) mass is 596 g/mol. The molecule has 6 aromatic rings. The fraction of sp³-hybridized carbons (Fsp3) is 0.242. The minimum absolute atomic E-state index is 0.181. The summed E-state index contributed by atoms with van der Waals surface area (Å²) < 4.78 is 3.95. The second kappa shape index (κ2) is 12.1. The number of nitrogen functional groups attached to an aromatic ring is 1. The summed E-state index contributed by atoms with van der Waals surface area (Å²) in [5, 5.41) is 17.0. The van der Waals surface area contributed by atoms with E-state index in [0.717, 1.165) is 72.7 Å². The van der Waals surface area contributed by atoms with Crippen molar-refractivity contribution in [3.8, 4) is 34.4 Å². The number of fused-ring (bicyclic) bond motifs is 1. The number of imidazole rings is 1. The van der Waals surface area contributed by atoms with E-state index < -0.39 is 0 Å². The van der Waals surface area contributed by atoms with Crippen LogP contribution in [0, 0.1) is 11.3 Å². The predicted octanol–water partition coefficient (Wildman–Crippen LogP) is 4.69. The van der Waals surface area contributed by atoms with Crippen LogP contribution in [0.1, 0.15) is 31.2 Å². The SMILES string of the molecule is CCn1cc(-c2ccc3nc(-c4cccnc4N)n(-c4ccc(CN5CCC(Nc6ccnc(C#N)n6)CC5)cc4)c3n2)cn1. The van der Waals surface area contributed by atoms with Gasteiger partial charge >= 0.3 is 0 Å². The maximum Gasteiger partial charge on any atom is 0.234 e. The van der Waals surface area contributed by atoms with Gasteiger partial charge in [-0.1, -0.05) is 12.1 Å². The standard InChI is InChI=1S/C33H32N12/c1-2-44-21-23(19-38-44)27-9-10-28-33(40-27)45(32(41-28)26-4-3-14-37-31(26)35)25-7-5-22(6-8-25)20-43-16-12-24(13-17-43)39-29-11-15-36-30(18-34)42-29/h3-11,14-15,19,21,24H,2,12-13,16-17,20H2,1H3,(H2,35,37)(H,36,39,42). The summed E-state index contributed by atoms with van der Waals surface area (Å²) in [7, 11) is 0. The van der Waals surface area contributed by atoms with Gasteiger partial charge in [0.05, 0.1) is 17.5 Å². The van der Waals surface area contributed by atoms with E-state index >= 15 is 0 Å². The molecule has 12 nitrogen and oxygen atoms in total. The molecule has 1 saturated heterocycles. The molecular weight excluding hydrogens is 564 g/mol. The van der Waals surface area contributed by atoms with Crippen molar-refractivity contribution < 1.29 is 0 Å². The van der Waals surface area contributed by atoms with Crippen molar-refractivity contribution >= 4 is 22.8 Å². The lowest BCUT2D eigenvalue weighted by Gasteiger charge is -2.32. The quantitative estimate of drug-likeness (QED) is 0.253. The Morgan fingerprint density at radius 2 is 1.82 bits per heavy atom. The van der Waals surface area contributed by atoms with Crippen molar-refractivity contribution in [3.63, 3.8) is 0 Å². The molecule has 0 amide bonds. The van der Waals surface area contributed by atoms with E-state index in [0.29, 0.717) is 23.5 Å². The molecule has 0 unspecified atom stereocenters. The van der Waals surface area contributed by atoms with Crippen LogP contribution in [0.25, 0.3) is 39.5 Å². The Bertz CT molecular complexity index is 1990. The van der Waals surface area contributed by atoms with Gasteiger partial charge in [-0.3, -0.25) is 14.1 Å². The fourth-order valence-corrected chi connectivity index (χ4v) is 5.76. The van der Waals surface area contributed by atoms with Crippen molar-refractivity contribution in [3.05, 3.63) is 90.8 Å². The van der Waals surface area contributed by atoms with Crippen molar-refractivity contribution in [1.29, 1.82) is 5.26 Å². The van der Waals surface area contributed by atoms with Crippen LogP contribution in [-0.4, -0.2) is 63.3 Å². The number of anilines is 2. The average Bonchev–Trinajstić information content (AvgIpc) is 3.71. The van der Waals surface area contributed by atoms with Crippen LogP contribution >= 0.6 is 0 Å². The minimum Gasteiger partial charge on any atom is -0.383 e. The highest BCUT2D eigenvalue weighted by Gasteiger charge is 2.21. The lowest BCUT2D eigenvalue weighted by atomic mass is 10.0. The Kier molecular flexibility index (Phi) is 7.59. The van der Waals surface area contributed by atoms with Crippen molar-refractivity contribution in [2.75, 3.05) is 24.1 Å². The molecule has 12 heteroatoms. The van der Waals surface area contributed by atoms with Gasteiger partial charge in [0.2, 0.25) is 5.82 Å². The van der Waals surface area contributed by atoms with Gasteiger partial charge in [0.1, 0.15) is 23.2 Å². The number of aryl methyl sites for hydroxylation is 1. The first-order chi connectivity index (χ1) is 22.1. The third kappa shape index (κ3) is 5.81. The summed E-state index contributed by atoms with van der Waals surface area (Å²) in [6.45, 7) is 5.64. The number of nitrogens with one attached hydrogen (secondary N) is 1. The summed E-state index contributed by atoms with van der Waals surface area (Å²) in [6, 6.07) is 20.5. The molecule has 0 bridgehead atoms. The van der Waals surface area contributed by atoms with E-state index in [9.17, 15) is 0 Å². The zero-order valence-electron chi connectivity index (χ0n) is 24.9. The third-order valence-corrected chi connectivity index (χ3v) is 8.13. The second-order valence-electron chi connectivity index (χ2n) is 11.1. The number of rotatable bonds is 8. The largest absolute Gasteiger partial charge is 0.383 e. The molecule has 1 aliphatic rings. The Morgan fingerprint density at radius 1 is 0.978 bits per heavy atom. The van der Waals surface area contributed by atoms with E-state index in [4.69, 9.17) is 21.0 Å². The lowest BCUT2D eigenvalue weighted by molar-refractivity contribution is 0.211. The van der Waals surface area contributed by atoms with Gasteiger partial charge in [-0.15, -0.1) is 0 Å². The highest BCUT2D eigenvalue weighted by atomic mass is 15.3. The predicted molar refractivity (Wildman–Crippen MR) is 172 cm³/mol. The van der Waals surface area contributed by atoms with Crippen molar-refractivity contribution in [2.24, 2.45) is 0 Å². The van der Waals surface area contributed by atoms with Gasteiger partial charge in [0.15, 0.2) is 11.5 Å². The molecule has 0 saturated carbocycles. The number of nitrogens with zero attached hydrogens (tertiary/aromatic N) is 10. The number of nitrogens with two attached hydrogens (primary N) is 1. The van der Waals surface area contributed by atoms with Gasteiger partial charge in [-0.25, -0.2) is 24.9 Å². The third-order valence-electron chi connectivity index (χ3n) is 8.13. The number of aromatic nitrogens is 8. The first kappa shape index (κ1) is 28.1. The van der Waals surface area contributed by atoms with E-state index in [1.165, 1.54) is 5.56 Å². The van der Waals surface area contributed by atoms with E-state index in [1.54, 1.807) is 12.4 Å². The Balaban J connectivity index is 1.13. The van der Waals surface area contributed by atoms with E-state index in [-0.39, 0.29) is 5.82 Å². The number of nitriles is 1. The number of benzene rings is 1. The zero-order valence-corrected chi connectivity index (χ0v) is 24.9. The molecule has 0 spiro atoms. The highest BCUT2D eigenvalue weighted by molar-refractivity contribution is 5.84. The molecular formula is C33H32N12. The topological polar surface area (TPSA) is 152 Å². The highest BCUT2D eigenvalue weighted by Crippen LogP contribution is 2.32. The number of hydrogen-bond donors (Lipinski definition) is 2. The smallest absolute Gasteiger partial charge is 0.234 e. The molecule has 5 aromatic heterocycles. The van der Waals surface area contributed by atoms with Gasteiger partial charge in [0, 0.05) is 62.1 Å². The molecule has 1 aliphatic heterocycles. The molecule has 3 N–H and O–H groups in total. The molecule has 1 fully saturated rings. The molecule has 0 aliphatic carbocycles. The van der Waals surface area contributed by atoms with Crippen LogP contribution < -0.4 is 11.1 Å². The van der Waals surface area contributed by atoms with Crippen LogP contribution in [0.4, 0.5) is 11.6 Å². The normalized spacial score (nSPS) is 14.0. The van der Waals surface area contributed by atoms with Crippen molar-refractivity contribution in [2.45, 2.75) is 38.9 Å². The maximum absolute atomic E-state index is 9.07. The summed E-state index contributed by atoms with van der Waals surface area (Å²) in [5.74, 6) is 1.99. The summed E-state index contributed by atoms with van der Waals surface area (Å²) in [4.78, 5) is 25.0. The summed E-state index contributed by atoms with van der Waals surface area (Å²) in [5.41, 5.74) is 12.5. The molecule has 7 rings (SSSR count).